The van der Waals surface area contributed by atoms with E-state index in [9.17, 15) is 5.11 Å². The Morgan fingerprint density at radius 2 is 1.76 bits per heavy atom. The molecule has 0 aliphatic carbocycles. The van der Waals surface area contributed by atoms with E-state index in [0.29, 0.717) is 0 Å². The molecule has 1 aromatic heterocycles. The summed E-state index contributed by atoms with van der Waals surface area (Å²) in [5, 5.41) is 9.94. The normalized spacial score (nSPS) is 12.7. The Hall–Kier alpha value is -2.13. The highest BCUT2D eigenvalue weighted by molar-refractivity contribution is 5.75. The van der Waals surface area contributed by atoms with Crippen LogP contribution in [0.4, 0.5) is 0 Å². The van der Waals surface area contributed by atoms with Crippen molar-refractivity contribution in [3.05, 3.63) is 66.0 Å². The third kappa shape index (κ3) is 2.98. The second-order valence-corrected chi connectivity index (χ2v) is 5.38. The average molecular weight is 280 g/mol. The van der Waals surface area contributed by atoms with Crippen LogP contribution in [-0.2, 0) is 13.0 Å². The molecule has 0 bridgehead atoms. The lowest BCUT2D eigenvalue weighted by Gasteiger charge is -2.11. The van der Waals surface area contributed by atoms with E-state index in [1.807, 2.05) is 24.3 Å². The molecule has 0 saturated carbocycles. The number of imidazole rings is 1. The van der Waals surface area contributed by atoms with Crippen LogP contribution >= 0.6 is 0 Å². The third-order valence-electron chi connectivity index (χ3n) is 3.75. The van der Waals surface area contributed by atoms with Gasteiger partial charge in [-0.15, -0.1) is 0 Å². The summed E-state index contributed by atoms with van der Waals surface area (Å²) < 4.78 is 2.14. The number of aryl methyl sites for hydroxylation is 2. The van der Waals surface area contributed by atoms with E-state index < -0.39 is 6.10 Å². The maximum Gasteiger partial charge on any atom is 0.138 e. The first-order valence-electron chi connectivity index (χ1n) is 7.43. The van der Waals surface area contributed by atoms with Crippen LogP contribution in [0.15, 0.2) is 54.6 Å². The van der Waals surface area contributed by atoms with Crippen molar-refractivity contribution in [3.63, 3.8) is 0 Å². The quantitative estimate of drug-likeness (QED) is 0.773. The highest BCUT2D eigenvalue weighted by Gasteiger charge is 2.13. The first kappa shape index (κ1) is 13.8. The molecule has 2 aromatic carbocycles. The van der Waals surface area contributed by atoms with Crippen molar-refractivity contribution in [2.24, 2.45) is 0 Å². The van der Waals surface area contributed by atoms with Crippen LogP contribution in [0.2, 0.25) is 0 Å². The Morgan fingerprint density at radius 1 is 1.05 bits per heavy atom. The van der Waals surface area contributed by atoms with Gasteiger partial charge in [0.15, 0.2) is 0 Å². The van der Waals surface area contributed by atoms with E-state index in [0.717, 1.165) is 36.2 Å². The van der Waals surface area contributed by atoms with Crippen LogP contribution in [0.5, 0.6) is 0 Å². The Morgan fingerprint density at radius 3 is 2.52 bits per heavy atom. The van der Waals surface area contributed by atoms with Gasteiger partial charge in [0.25, 0.3) is 0 Å². The number of aliphatic hydroxyl groups is 1. The number of hydrogen-bond acceptors (Lipinski definition) is 2. The van der Waals surface area contributed by atoms with Crippen LogP contribution in [-0.4, -0.2) is 14.7 Å². The number of benzene rings is 2. The van der Waals surface area contributed by atoms with Crippen LogP contribution in [0, 0.1) is 0 Å². The predicted octanol–water partition coefficient (Wildman–Crippen LogP) is 3.72. The van der Waals surface area contributed by atoms with Gasteiger partial charge in [0.1, 0.15) is 11.9 Å². The highest BCUT2D eigenvalue weighted by atomic mass is 16.3. The fourth-order valence-electron chi connectivity index (χ4n) is 2.73. The van der Waals surface area contributed by atoms with Gasteiger partial charge in [-0.1, -0.05) is 42.5 Å². The third-order valence-corrected chi connectivity index (χ3v) is 3.75. The average Bonchev–Trinajstić information content (AvgIpc) is 2.88. The SMILES string of the molecule is C[C@@H](O)c1nc2ccccc2n1CCCc1ccccc1. The number of aromatic nitrogens is 2. The minimum absolute atomic E-state index is 0.547. The number of rotatable bonds is 5. The molecule has 21 heavy (non-hydrogen) atoms. The molecule has 108 valence electrons. The summed E-state index contributed by atoms with van der Waals surface area (Å²) in [5.74, 6) is 0.754. The van der Waals surface area contributed by atoms with Crippen molar-refractivity contribution in [3.8, 4) is 0 Å². The van der Waals surface area contributed by atoms with Gasteiger partial charge in [0, 0.05) is 6.54 Å². The molecule has 3 heteroatoms. The smallest absolute Gasteiger partial charge is 0.138 e. The van der Waals surface area contributed by atoms with Gasteiger partial charge in [-0.25, -0.2) is 4.98 Å². The molecule has 0 amide bonds. The van der Waals surface area contributed by atoms with Gasteiger partial charge in [0.05, 0.1) is 11.0 Å². The van der Waals surface area contributed by atoms with Crippen molar-refractivity contribution in [2.75, 3.05) is 0 Å². The molecule has 3 nitrogen and oxygen atoms in total. The molecule has 1 heterocycles. The fraction of sp³-hybridized carbons (Fsp3) is 0.278. The van der Waals surface area contributed by atoms with E-state index in [4.69, 9.17) is 0 Å². The summed E-state index contributed by atoms with van der Waals surface area (Å²) in [6.07, 6.45) is 1.52. The van der Waals surface area contributed by atoms with Gasteiger partial charge >= 0.3 is 0 Å². The second-order valence-electron chi connectivity index (χ2n) is 5.38. The van der Waals surface area contributed by atoms with Crippen molar-refractivity contribution in [1.29, 1.82) is 0 Å². The largest absolute Gasteiger partial charge is 0.385 e. The molecular weight excluding hydrogens is 260 g/mol. The standard InChI is InChI=1S/C18H20N2O/c1-14(21)18-19-16-11-5-6-12-17(16)20(18)13-7-10-15-8-3-2-4-9-15/h2-6,8-9,11-12,14,21H,7,10,13H2,1H3/t14-/m1/s1. The monoisotopic (exact) mass is 280 g/mol. The number of fused-ring (bicyclic) bond motifs is 1. The number of aliphatic hydroxyl groups excluding tert-OH is 1. The molecule has 1 N–H and O–H groups in total. The summed E-state index contributed by atoms with van der Waals surface area (Å²) in [6, 6.07) is 18.6. The van der Waals surface area contributed by atoms with Gasteiger partial charge in [-0.2, -0.15) is 0 Å². The predicted molar refractivity (Wildman–Crippen MR) is 85.1 cm³/mol. The zero-order chi connectivity index (χ0) is 14.7. The Labute approximate surface area is 124 Å². The zero-order valence-electron chi connectivity index (χ0n) is 12.2. The molecule has 0 fully saturated rings. The Kier molecular flexibility index (Phi) is 4.02. The maximum absolute atomic E-state index is 9.94. The molecule has 3 aromatic rings. The molecule has 0 spiro atoms. The summed E-state index contributed by atoms with van der Waals surface area (Å²) in [6.45, 7) is 2.64. The van der Waals surface area contributed by atoms with Crippen LogP contribution in [0.1, 0.15) is 30.8 Å². The number of para-hydroxylation sites is 2. The first-order chi connectivity index (χ1) is 10.3. The fourth-order valence-corrected chi connectivity index (χ4v) is 2.73. The molecule has 0 aliphatic rings. The lowest BCUT2D eigenvalue weighted by Crippen LogP contribution is -2.07. The van der Waals surface area contributed by atoms with Crippen LogP contribution in [0.3, 0.4) is 0 Å². The van der Waals surface area contributed by atoms with E-state index in [-0.39, 0.29) is 0 Å². The lowest BCUT2D eigenvalue weighted by atomic mass is 10.1. The molecule has 3 rings (SSSR count). The Bertz CT molecular complexity index is 716. The topological polar surface area (TPSA) is 38.1 Å². The summed E-state index contributed by atoms with van der Waals surface area (Å²) in [7, 11) is 0. The van der Waals surface area contributed by atoms with Gasteiger partial charge in [-0.3, -0.25) is 0 Å². The van der Waals surface area contributed by atoms with Gasteiger partial charge in [-0.05, 0) is 37.5 Å². The Balaban J connectivity index is 1.81. The molecule has 0 radical (unpaired) electrons. The molecule has 1 atom stereocenters. The summed E-state index contributed by atoms with van der Waals surface area (Å²) in [5.41, 5.74) is 3.40. The van der Waals surface area contributed by atoms with E-state index >= 15 is 0 Å². The highest BCUT2D eigenvalue weighted by Crippen LogP contribution is 2.21. The van der Waals surface area contributed by atoms with Crippen molar-refractivity contribution >= 4 is 11.0 Å². The van der Waals surface area contributed by atoms with Crippen LogP contribution in [0.25, 0.3) is 11.0 Å². The van der Waals surface area contributed by atoms with E-state index in [2.05, 4.69) is 39.9 Å². The second kappa shape index (κ2) is 6.10. The first-order valence-corrected chi connectivity index (χ1v) is 7.43. The van der Waals surface area contributed by atoms with E-state index in [1.165, 1.54) is 5.56 Å². The maximum atomic E-state index is 9.94. The van der Waals surface area contributed by atoms with Gasteiger partial charge in [0.2, 0.25) is 0 Å². The molecule has 0 aliphatic heterocycles. The molecular formula is C18H20N2O. The molecule has 0 saturated heterocycles. The summed E-state index contributed by atoms with van der Waals surface area (Å²) >= 11 is 0. The minimum Gasteiger partial charge on any atom is -0.385 e. The lowest BCUT2D eigenvalue weighted by molar-refractivity contribution is 0.184. The van der Waals surface area contributed by atoms with Crippen molar-refractivity contribution in [1.82, 2.24) is 9.55 Å². The van der Waals surface area contributed by atoms with Crippen molar-refractivity contribution < 1.29 is 5.11 Å². The van der Waals surface area contributed by atoms with Crippen LogP contribution < -0.4 is 0 Å². The molecule has 0 unspecified atom stereocenters. The number of hydrogen-bond donors (Lipinski definition) is 1. The van der Waals surface area contributed by atoms with Gasteiger partial charge < -0.3 is 9.67 Å². The van der Waals surface area contributed by atoms with Crippen molar-refractivity contribution in [2.45, 2.75) is 32.4 Å². The van der Waals surface area contributed by atoms with E-state index in [1.54, 1.807) is 6.92 Å². The zero-order valence-corrected chi connectivity index (χ0v) is 12.2. The number of nitrogens with zero attached hydrogens (tertiary/aromatic N) is 2. The minimum atomic E-state index is -0.547. The summed E-state index contributed by atoms with van der Waals surface area (Å²) in [4.78, 5) is 4.55.